The molecular weight excluding hydrogens is 414 g/mol. The van der Waals surface area contributed by atoms with Crippen LogP contribution in [0.2, 0.25) is 5.02 Å². The number of amides is 1. The van der Waals surface area contributed by atoms with Crippen molar-refractivity contribution in [3.8, 4) is 11.3 Å². The largest absolute Gasteiger partial charge is 0.321 e. The van der Waals surface area contributed by atoms with E-state index >= 15 is 0 Å². The van der Waals surface area contributed by atoms with Gasteiger partial charge in [-0.3, -0.25) is 4.79 Å². The van der Waals surface area contributed by atoms with Crippen LogP contribution in [0.1, 0.15) is 10.4 Å². The third kappa shape index (κ3) is 3.23. The quantitative estimate of drug-likeness (QED) is 0.459. The van der Waals surface area contributed by atoms with E-state index in [4.69, 9.17) is 11.6 Å². The molecule has 1 N–H and O–H groups in total. The maximum atomic E-state index is 12.7. The molecule has 0 radical (unpaired) electrons. The van der Waals surface area contributed by atoms with Crippen molar-refractivity contribution >= 4 is 44.8 Å². The van der Waals surface area contributed by atoms with Crippen LogP contribution in [0, 0.1) is 0 Å². The number of nitrogens with one attached hydrogen (secondary N) is 1. The molecule has 1 amide bonds. The van der Waals surface area contributed by atoms with Crippen LogP contribution in [0.15, 0.2) is 77.5 Å². The molecule has 6 heteroatoms. The van der Waals surface area contributed by atoms with Gasteiger partial charge in [0.15, 0.2) is 0 Å². The van der Waals surface area contributed by atoms with Crippen LogP contribution in [0.3, 0.4) is 0 Å². The van der Waals surface area contributed by atoms with E-state index in [-0.39, 0.29) is 5.91 Å². The molecule has 0 saturated carbocycles. The first-order valence-corrected chi connectivity index (χ1v) is 9.08. The standard InChI is InChI=1S/C20H13BrClN3O/c21-13-8-9-16(22)15(11-13)20(26)24-17-6-2-1-5-14(17)18-12-25-10-4-3-7-19(25)23-18/h1-12H,(H,24,26). The number of nitrogens with zero attached hydrogens (tertiary/aromatic N) is 2. The Labute approximate surface area is 163 Å². The van der Waals surface area contributed by atoms with Gasteiger partial charge in [-0.15, -0.1) is 0 Å². The van der Waals surface area contributed by atoms with Crippen LogP contribution in [0.4, 0.5) is 5.69 Å². The summed E-state index contributed by atoms with van der Waals surface area (Å²) in [5.41, 5.74) is 3.56. The minimum absolute atomic E-state index is 0.271. The van der Waals surface area contributed by atoms with Gasteiger partial charge >= 0.3 is 0 Å². The number of halogens is 2. The number of hydrogen-bond acceptors (Lipinski definition) is 2. The highest BCUT2D eigenvalue weighted by Crippen LogP contribution is 2.29. The number of benzene rings is 2. The van der Waals surface area contributed by atoms with Gasteiger partial charge in [-0.1, -0.05) is 51.8 Å². The SMILES string of the molecule is O=C(Nc1ccccc1-c1cn2ccccc2n1)c1cc(Br)ccc1Cl. The van der Waals surface area contributed by atoms with Gasteiger partial charge in [0.1, 0.15) is 5.65 Å². The van der Waals surface area contributed by atoms with E-state index in [1.807, 2.05) is 59.3 Å². The number of imidazole rings is 1. The van der Waals surface area contributed by atoms with Crippen molar-refractivity contribution in [1.82, 2.24) is 9.38 Å². The summed E-state index contributed by atoms with van der Waals surface area (Å²) in [4.78, 5) is 17.3. The molecule has 0 fully saturated rings. The predicted octanol–water partition coefficient (Wildman–Crippen LogP) is 5.67. The number of hydrogen-bond donors (Lipinski definition) is 1. The van der Waals surface area contributed by atoms with Crippen molar-refractivity contribution in [2.75, 3.05) is 5.32 Å². The Morgan fingerprint density at radius 3 is 2.73 bits per heavy atom. The van der Waals surface area contributed by atoms with Gasteiger partial charge in [-0.2, -0.15) is 0 Å². The molecule has 0 spiro atoms. The second-order valence-electron chi connectivity index (χ2n) is 5.72. The summed E-state index contributed by atoms with van der Waals surface area (Å²) in [6, 6.07) is 18.6. The maximum Gasteiger partial charge on any atom is 0.257 e. The summed E-state index contributed by atoms with van der Waals surface area (Å²) in [7, 11) is 0. The average molecular weight is 427 g/mol. The normalized spacial score (nSPS) is 10.8. The molecule has 0 unspecified atom stereocenters. The van der Waals surface area contributed by atoms with Gasteiger partial charge in [0.2, 0.25) is 0 Å². The lowest BCUT2D eigenvalue weighted by molar-refractivity contribution is 0.102. The van der Waals surface area contributed by atoms with Crippen LogP contribution in [-0.4, -0.2) is 15.3 Å². The Morgan fingerprint density at radius 2 is 1.88 bits per heavy atom. The molecule has 26 heavy (non-hydrogen) atoms. The zero-order valence-corrected chi connectivity index (χ0v) is 15.8. The van der Waals surface area contributed by atoms with Crippen molar-refractivity contribution in [3.63, 3.8) is 0 Å². The van der Waals surface area contributed by atoms with Crippen molar-refractivity contribution in [2.24, 2.45) is 0 Å². The fraction of sp³-hybridized carbons (Fsp3) is 0. The Balaban J connectivity index is 1.72. The maximum absolute atomic E-state index is 12.7. The predicted molar refractivity (Wildman–Crippen MR) is 108 cm³/mol. The van der Waals surface area contributed by atoms with E-state index < -0.39 is 0 Å². The summed E-state index contributed by atoms with van der Waals surface area (Å²) in [5.74, 6) is -0.271. The lowest BCUT2D eigenvalue weighted by atomic mass is 10.1. The Hall–Kier alpha value is -2.63. The zero-order valence-electron chi connectivity index (χ0n) is 13.5. The molecule has 0 aliphatic heterocycles. The molecule has 0 atom stereocenters. The number of fused-ring (bicyclic) bond motifs is 1. The van der Waals surface area contributed by atoms with Crippen LogP contribution < -0.4 is 5.32 Å². The Bertz CT molecular complexity index is 1090. The number of carbonyl (C=O) groups excluding carboxylic acids is 1. The van der Waals surface area contributed by atoms with Crippen LogP contribution in [0.5, 0.6) is 0 Å². The van der Waals surface area contributed by atoms with E-state index in [2.05, 4.69) is 26.2 Å². The van der Waals surface area contributed by atoms with Crippen molar-refractivity contribution in [3.05, 3.63) is 88.1 Å². The second kappa shape index (κ2) is 6.94. The van der Waals surface area contributed by atoms with Gasteiger partial charge < -0.3 is 9.72 Å². The third-order valence-electron chi connectivity index (χ3n) is 3.99. The summed E-state index contributed by atoms with van der Waals surface area (Å²) < 4.78 is 2.74. The summed E-state index contributed by atoms with van der Waals surface area (Å²) >= 11 is 9.54. The number of para-hydroxylation sites is 1. The number of carbonyl (C=O) groups is 1. The first-order chi connectivity index (χ1) is 12.6. The fourth-order valence-electron chi connectivity index (χ4n) is 2.74. The van der Waals surface area contributed by atoms with Crippen LogP contribution >= 0.6 is 27.5 Å². The van der Waals surface area contributed by atoms with Gasteiger partial charge in [0.05, 0.1) is 22.0 Å². The Morgan fingerprint density at radius 1 is 1.08 bits per heavy atom. The van der Waals surface area contributed by atoms with Crippen molar-refractivity contribution < 1.29 is 4.79 Å². The van der Waals surface area contributed by atoms with Crippen LogP contribution in [0.25, 0.3) is 16.9 Å². The van der Waals surface area contributed by atoms with E-state index in [0.717, 1.165) is 21.4 Å². The van der Waals surface area contributed by atoms with Gasteiger partial charge in [-0.05, 0) is 36.4 Å². The highest BCUT2D eigenvalue weighted by Gasteiger charge is 2.15. The van der Waals surface area contributed by atoms with Crippen molar-refractivity contribution in [1.29, 1.82) is 0 Å². The molecule has 0 bridgehead atoms. The number of rotatable bonds is 3. The molecular formula is C20H13BrClN3O. The molecule has 2 aromatic heterocycles. The second-order valence-corrected chi connectivity index (χ2v) is 7.04. The highest BCUT2D eigenvalue weighted by molar-refractivity contribution is 9.10. The minimum Gasteiger partial charge on any atom is -0.321 e. The van der Waals surface area contributed by atoms with Crippen LogP contribution in [-0.2, 0) is 0 Å². The van der Waals surface area contributed by atoms with E-state index in [1.165, 1.54) is 0 Å². The zero-order chi connectivity index (χ0) is 18.1. The first-order valence-electron chi connectivity index (χ1n) is 7.91. The van der Waals surface area contributed by atoms with E-state index in [9.17, 15) is 4.79 Å². The Kier molecular flexibility index (Phi) is 4.49. The molecule has 4 nitrogen and oxygen atoms in total. The monoisotopic (exact) mass is 425 g/mol. The highest BCUT2D eigenvalue weighted by atomic mass is 79.9. The average Bonchev–Trinajstić information content (AvgIpc) is 3.08. The summed E-state index contributed by atoms with van der Waals surface area (Å²) in [6.45, 7) is 0. The number of aromatic nitrogens is 2. The lowest BCUT2D eigenvalue weighted by Gasteiger charge is -2.10. The van der Waals surface area contributed by atoms with E-state index in [0.29, 0.717) is 16.3 Å². The molecule has 4 rings (SSSR count). The molecule has 0 saturated heterocycles. The topological polar surface area (TPSA) is 46.4 Å². The number of anilines is 1. The first kappa shape index (κ1) is 16.8. The van der Waals surface area contributed by atoms with Gasteiger partial charge in [0, 0.05) is 22.4 Å². The lowest BCUT2D eigenvalue weighted by Crippen LogP contribution is -2.13. The molecule has 0 aliphatic carbocycles. The van der Waals surface area contributed by atoms with Gasteiger partial charge in [0.25, 0.3) is 5.91 Å². The minimum atomic E-state index is -0.271. The molecule has 2 heterocycles. The molecule has 0 aliphatic rings. The molecule has 128 valence electrons. The van der Waals surface area contributed by atoms with Crippen molar-refractivity contribution in [2.45, 2.75) is 0 Å². The van der Waals surface area contributed by atoms with E-state index in [1.54, 1.807) is 18.2 Å². The summed E-state index contributed by atoms with van der Waals surface area (Å²) in [5, 5.41) is 3.34. The number of pyridine rings is 1. The summed E-state index contributed by atoms with van der Waals surface area (Å²) in [6.07, 6.45) is 3.88. The van der Waals surface area contributed by atoms with Gasteiger partial charge in [-0.25, -0.2) is 4.98 Å². The fourth-order valence-corrected chi connectivity index (χ4v) is 3.31. The third-order valence-corrected chi connectivity index (χ3v) is 4.81. The molecule has 4 aromatic rings. The molecule has 2 aromatic carbocycles. The smallest absolute Gasteiger partial charge is 0.257 e.